The normalized spacial score (nSPS) is 10.0. The average molecular weight is 213 g/mol. The molecular weight excluding hydrogens is 202 g/mol. The number of aromatic amines is 1. The van der Waals surface area contributed by atoms with Crippen LogP contribution in [0.25, 0.3) is 16.1 Å². The monoisotopic (exact) mass is 213 g/mol. The van der Waals surface area contributed by atoms with Crippen molar-refractivity contribution in [1.82, 2.24) is 9.78 Å². The van der Waals surface area contributed by atoms with Gasteiger partial charge in [-0.25, -0.2) is 4.85 Å². The molecule has 0 aliphatic heterocycles. The van der Waals surface area contributed by atoms with E-state index in [1.807, 2.05) is 19.1 Å². The molecule has 0 radical (unpaired) electrons. The standard InChI is InChI=1S/C12H11N3O/c1-3-15-12(16)8-11(14-15)9-5-4-6-10(7-9)13-2/h4-8,14H,3H2,1H3. The summed E-state index contributed by atoms with van der Waals surface area (Å²) in [6.45, 7) is 9.45. The number of nitrogens with zero attached hydrogens (tertiary/aromatic N) is 2. The highest BCUT2D eigenvalue weighted by Gasteiger charge is 2.04. The first kappa shape index (κ1) is 10.2. The first-order chi connectivity index (χ1) is 7.74. The van der Waals surface area contributed by atoms with Crippen LogP contribution in [-0.4, -0.2) is 9.78 Å². The Balaban J connectivity index is 2.51. The second-order valence-corrected chi connectivity index (χ2v) is 3.41. The molecule has 1 aromatic heterocycles. The third-order valence-electron chi connectivity index (χ3n) is 2.39. The minimum atomic E-state index is -0.0503. The lowest BCUT2D eigenvalue weighted by atomic mass is 10.1. The van der Waals surface area contributed by atoms with Gasteiger partial charge in [-0.2, -0.15) is 0 Å². The lowest BCUT2D eigenvalue weighted by Crippen LogP contribution is -2.13. The molecule has 4 nitrogen and oxygen atoms in total. The molecule has 0 fully saturated rings. The van der Waals surface area contributed by atoms with Crippen LogP contribution in [0.4, 0.5) is 5.69 Å². The molecule has 1 heterocycles. The summed E-state index contributed by atoms with van der Waals surface area (Å²) in [7, 11) is 0. The summed E-state index contributed by atoms with van der Waals surface area (Å²) in [4.78, 5) is 14.8. The average Bonchev–Trinajstić information content (AvgIpc) is 2.71. The van der Waals surface area contributed by atoms with E-state index in [9.17, 15) is 4.79 Å². The summed E-state index contributed by atoms with van der Waals surface area (Å²) < 4.78 is 1.53. The van der Waals surface area contributed by atoms with Gasteiger partial charge in [-0.1, -0.05) is 18.2 Å². The van der Waals surface area contributed by atoms with E-state index >= 15 is 0 Å². The predicted octanol–water partition coefficient (Wildman–Crippen LogP) is 2.41. The molecule has 0 saturated carbocycles. The van der Waals surface area contributed by atoms with Crippen molar-refractivity contribution < 1.29 is 0 Å². The Kier molecular flexibility index (Phi) is 2.61. The van der Waals surface area contributed by atoms with Gasteiger partial charge < -0.3 is 0 Å². The maximum absolute atomic E-state index is 11.5. The molecule has 0 amide bonds. The molecule has 1 N–H and O–H groups in total. The summed E-state index contributed by atoms with van der Waals surface area (Å²) in [6.07, 6.45) is 0. The molecule has 0 aliphatic carbocycles. The molecular formula is C12H11N3O. The molecule has 0 aliphatic rings. The molecule has 4 heteroatoms. The zero-order chi connectivity index (χ0) is 11.5. The highest BCUT2D eigenvalue weighted by atomic mass is 16.1. The highest BCUT2D eigenvalue weighted by Crippen LogP contribution is 2.21. The van der Waals surface area contributed by atoms with E-state index in [-0.39, 0.29) is 5.56 Å². The van der Waals surface area contributed by atoms with E-state index in [0.29, 0.717) is 12.2 Å². The van der Waals surface area contributed by atoms with Crippen LogP contribution in [0, 0.1) is 6.57 Å². The van der Waals surface area contributed by atoms with Gasteiger partial charge >= 0.3 is 0 Å². The third-order valence-corrected chi connectivity index (χ3v) is 2.39. The van der Waals surface area contributed by atoms with Crippen LogP contribution in [0.3, 0.4) is 0 Å². The number of H-pyrrole nitrogens is 1. The summed E-state index contributed by atoms with van der Waals surface area (Å²) >= 11 is 0. The number of hydrogen-bond donors (Lipinski definition) is 1. The zero-order valence-electron chi connectivity index (χ0n) is 8.90. The maximum Gasteiger partial charge on any atom is 0.267 e. The number of benzene rings is 1. The van der Waals surface area contributed by atoms with Crippen LogP contribution < -0.4 is 5.56 Å². The van der Waals surface area contributed by atoms with Crippen molar-refractivity contribution in [3.8, 4) is 11.3 Å². The van der Waals surface area contributed by atoms with Gasteiger partial charge in [0.15, 0.2) is 5.69 Å². The highest BCUT2D eigenvalue weighted by molar-refractivity contribution is 5.64. The second-order valence-electron chi connectivity index (χ2n) is 3.41. The van der Waals surface area contributed by atoms with Crippen molar-refractivity contribution in [2.45, 2.75) is 13.5 Å². The van der Waals surface area contributed by atoms with E-state index in [1.54, 1.807) is 18.2 Å². The van der Waals surface area contributed by atoms with Gasteiger partial charge in [-0.05, 0) is 18.6 Å². The van der Waals surface area contributed by atoms with Crippen molar-refractivity contribution in [2.75, 3.05) is 0 Å². The van der Waals surface area contributed by atoms with Crippen LogP contribution >= 0.6 is 0 Å². The topological polar surface area (TPSA) is 42.1 Å². The molecule has 2 rings (SSSR count). The lowest BCUT2D eigenvalue weighted by molar-refractivity contribution is 0.640. The summed E-state index contributed by atoms with van der Waals surface area (Å²) in [5, 5.41) is 3.00. The maximum atomic E-state index is 11.5. The number of hydrogen-bond acceptors (Lipinski definition) is 1. The van der Waals surface area contributed by atoms with E-state index in [0.717, 1.165) is 11.3 Å². The minimum Gasteiger partial charge on any atom is -0.295 e. The Hall–Kier alpha value is -2.28. The first-order valence-corrected chi connectivity index (χ1v) is 5.02. The number of aromatic nitrogens is 2. The Morgan fingerprint density at radius 3 is 2.88 bits per heavy atom. The number of aryl methyl sites for hydroxylation is 1. The molecule has 80 valence electrons. The molecule has 0 bridgehead atoms. The van der Waals surface area contributed by atoms with Crippen LogP contribution in [-0.2, 0) is 6.54 Å². The molecule has 16 heavy (non-hydrogen) atoms. The smallest absolute Gasteiger partial charge is 0.267 e. The SMILES string of the molecule is [C-]#[N+]c1cccc(-c2cc(=O)n(CC)[nH]2)c1. The van der Waals surface area contributed by atoms with Crippen molar-refractivity contribution in [1.29, 1.82) is 0 Å². The summed E-state index contributed by atoms with van der Waals surface area (Å²) in [5.74, 6) is 0. The van der Waals surface area contributed by atoms with Gasteiger partial charge in [0, 0.05) is 12.6 Å². The molecule has 2 aromatic rings. The van der Waals surface area contributed by atoms with Gasteiger partial charge in [0.25, 0.3) is 5.56 Å². The Labute approximate surface area is 93.0 Å². The Morgan fingerprint density at radius 2 is 2.25 bits per heavy atom. The quantitative estimate of drug-likeness (QED) is 0.765. The fourth-order valence-corrected chi connectivity index (χ4v) is 1.56. The molecule has 0 saturated heterocycles. The van der Waals surface area contributed by atoms with Gasteiger partial charge in [0.2, 0.25) is 0 Å². The Morgan fingerprint density at radius 1 is 1.44 bits per heavy atom. The van der Waals surface area contributed by atoms with Gasteiger partial charge in [0.05, 0.1) is 12.3 Å². The van der Waals surface area contributed by atoms with Crippen LogP contribution in [0.5, 0.6) is 0 Å². The zero-order valence-corrected chi connectivity index (χ0v) is 8.90. The van der Waals surface area contributed by atoms with Crippen molar-refractivity contribution in [3.63, 3.8) is 0 Å². The first-order valence-electron chi connectivity index (χ1n) is 5.02. The predicted molar refractivity (Wildman–Crippen MR) is 62.4 cm³/mol. The third kappa shape index (κ3) is 1.75. The van der Waals surface area contributed by atoms with Crippen LogP contribution in [0.1, 0.15) is 6.92 Å². The fourth-order valence-electron chi connectivity index (χ4n) is 1.56. The van der Waals surface area contributed by atoms with Crippen molar-refractivity contribution in [3.05, 3.63) is 52.1 Å². The Bertz CT molecular complexity index is 601. The molecule has 0 unspecified atom stereocenters. The van der Waals surface area contributed by atoms with Crippen LogP contribution in [0.2, 0.25) is 0 Å². The van der Waals surface area contributed by atoms with Crippen LogP contribution in [0.15, 0.2) is 35.1 Å². The minimum absolute atomic E-state index is 0.0503. The molecule has 0 spiro atoms. The lowest BCUT2D eigenvalue weighted by Gasteiger charge is -1.99. The fraction of sp³-hybridized carbons (Fsp3) is 0.167. The van der Waals surface area contributed by atoms with Gasteiger partial charge in [-0.3, -0.25) is 14.6 Å². The van der Waals surface area contributed by atoms with E-state index in [2.05, 4.69) is 9.94 Å². The van der Waals surface area contributed by atoms with E-state index in [1.165, 1.54) is 4.68 Å². The van der Waals surface area contributed by atoms with Crippen molar-refractivity contribution in [2.24, 2.45) is 0 Å². The number of nitrogens with one attached hydrogen (secondary N) is 1. The van der Waals surface area contributed by atoms with E-state index in [4.69, 9.17) is 6.57 Å². The largest absolute Gasteiger partial charge is 0.295 e. The summed E-state index contributed by atoms with van der Waals surface area (Å²) in [5.41, 5.74) is 2.13. The summed E-state index contributed by atoms with van der Waals surface area (Å²) in [6, 6.07) is 8.74. The van der Waals surface area contributed by atoms with Crippen molar-refractivity contribution >= 4 is 5.69 Å². The second kappa shape index (κ2) is 4.07. The van der Waals surface area contributed by atoms with Gasteiger partial charge in [0.1, 0.15) is 0 Å². The van der Waals surface area contributed by atoms with Gasteiger partial charge in [-0.15, -0.1) is 0 Å². The molecule has 0 atom stereocenters. The number of rotatable bonds is 2. The molecule has 1 aromatic carbocycles. The van der Waals surface area contributed by atoms with E-state index < -0.39 is 0 Å².